The SMILES string of the molecule is CCCCCCCc1cc(OC)c(OC)c(OC)c1OC. The topological polar surface area (TPSA) is 36.9 Å². The van der Waals surface area contributed by atoms with Gasteiger partial charge in [-0.05, 0) is 18.9 Å². The van der Waals surface area contributed by atoms with Crippen LogP contribution in [0.2, 0.25) is 0 Å². The predicted molar refractivity (Wildman–Crippen MR) is 85.1 cm³/mol. The molecule has 4 heteroatoms. The molecule has 0 unspecified atom stereocenters. The molecule has 0 fully saturated rings. The van der Waals surface area contributed by atoms with Crippen molar-refractivity contribution in [3.05, 3.63) is 11.6 Å². The van der Waals surface area contributed by atoms with Crippen LogP contribution in [0.1, 0.15) is 44.6 Å². The Hall–Kier alpha value is -1.58. The van der Waals surface area contributed by atoms with Gasteiger partial charge in [0, 0.05) is 5.56 Å². The molecule has 0 bridgehead atoms. The van der Waals surface area contributed by atoms with Gasteiger partial charge in [-0.3, -0.25) is 0 Å². The van der Waals surface area contributed by atoms with Gasteiger partial charge in [-0.15, -0.1) is 0 Å². The summed E-state index contributed by atoms with van der Waals surface area (Å²) in [5.74, 6) is 2.60. The van der Waals surface area contributed by atoms with Gasteiger partial charge >= 0.3 is 0 Å². The molecule has 0 aliphatic carbocycles. The molecule has 120 valence electrons. The maximum Gasteiger partial charge on any atom is 0.207 e. The van der Waals surface area contributed by atoms with E-state index in [1.54, 1.807) is 28.4 Å². The number of ether oxygens (including phenoxy) is 4. The van der Waals surface area contributed by atoms with Crippen molar-refractivity contribution in [3.63, 3.8) is 0 Å². The van der Waals surface area contributed by atoms with Gasteiger partial charge in [0.15, 0.2) is 11.5 Å². The average Bonchev–Trinajstić information content (AvgIpc) is 2.52. The quantitative estimate of drug-likeness (QED) is 0.605. The summed E-state index contributed by atoms with van der Waals surface area (Å²) in [5, 5.41) is 0. The van der Waals surface area contributed by atoms with Gasteiger partial charge in [-0.25, -0.2) is 0 Å². The number of rotatable bonds is 10. The van der Waals surface area contributed by atoms with E-state index in [-0.39, 0.29) is 0 Å². The number of hydrogen-bond donors (Lipinski definition) is 0. The summed E-state index contributed by atoms with van der Waals surface area (Å²) in [6.07, 6.45) is 7.15. The maximum absolute atomic E-state index is 5.53. The lowest BCUT2D eigenvalue weighted by Gasteiger charge is -2.18. The van der Waals surface area contributed by atoms with E-state index in [1.165, 1.54) is 25.7 Å². The number of benzene rings is 1. The second-order valence-corrected chi connectivity index (χ2v) is 5.00. The molecule has 1 aromatic carbocycles. The van der Waals surface area contributed by atoms with E-state index in [2.05, 4.69) is 6.92 Å². The van der Waals surface area contributed by atoms with Crippen molar-refractivity contribution in [1.29, 1.82) is 0 Å². The Labute approximate surface area is 128 Å². The molecule has 1 aromatic rings. The third-order valence-corrected chi connectivity index (χ3v) is 3.62. The first kappa shape index (κ1) is 17.5. The smallest absolute Gasteiger partial charge is 0.207 e. The van der Waals surface area contributed by atoms with Crippen LogP contribution in [0.15, 0.2) is 6.07 Å². The molecule has 0 spiro atoms. The van der Waals surface area contributed by atoms with Crippen LogP contribution in [0.25, 0.3) is 0 Å². The maximum atomic E-state index is 5.53. The van der Waals surface area contributed by atoms with E-state index in [9.17, 15) is 0 Å². The van der Waals surface area contributed by atoms with E-state index in [0.29, 0.717) is 17.2 Å². The minimum atomic E-state index is 0.576. The Morgan fingerprint density at radius 3 is 1.86 bits per heavy atom. The van der Waals surface area contributed by atoms with Crippen LogP contribution in [0.3, 0.4) is 0 Å². The van der Waals surface area contributed by atoms with Gasteiger partial charge in [0.2, 0.25) is 11.5 Å². The molecule has 0 aliphatic heterocycles. The van der Waals surface area contributed by atoms with Crippen molar-refractivity contribution >= 4 is 0 Å². The van der Waals surface area contributed by atoms with Crippen LogP contribution in [-0.4, -0.2) is 28.4 Å². The molecule has 0 heterocycles. The van der Waals surface area contributed by atoms with Crippen molar-refractivity contribution in [1.82, 2.24) is 0 Å². The van der Waals surface area contributed by atoms with Gasteiger partial charge in [-0.2, -0.15) is 0 Å². The minimum Gasteiger partial charge on any atom is -0.493 e. The van der Waals surface area contributed by atoms with E-state index < -0.39 is 0 Å². The number of hydrogen-bond acceptors (Lipinski definition) is 4. The molecule has 0 aromatic heterocycles. The lowest BCUT2D eigenvalue weighted by molar-refractivity contribution is 0.303. The standard InChI is InChI=1S/C17H28O4/c1-6-7-8-9-10-11-13-12-14(18-2)16(20-4)17(21-5)15(13)19-3/h12H,6-11H2,1-5H3. The molecule has 0 N–H and O–H groups in total. The molecule has 21 heavy (non-hydrogen) atoms. The number of unbranched alkanes of at least 4 members (excludes halogenated alkanes) is 4. The Morgan fingerprint density at radius 1 is 0.714 bits per heavy atom. The lowest BCUT2D eigenvalue weighted by atomic mass is 10.0. The highest BCUT2D eigenvalue weighted by atomic mass is 16.5. The summed E-state index contributed by atoms with van der Waals surface area (Å²) >= 11 is 0. The number of methoxy groups -OCH3 is 4. The Balaban J connectivity index is 2.96. The van der Waals surface area contributed by atoms with Crippen LogP contribution in [-0.2, 0) is 6.42 Å². The second-order valence-electron chi connectivity index (χ2n) is 5.00. The average molecular weight is 296 g/mol. The van der Waals surface area contributed by atoms with Gasteiger partial charge in [0.1, 0.15) is 0 Å². The normalized spacial score (nSPS) is 10.3. The molecule has 0 saturated heterocycles. The summed E-state index contributed by atoms with van der Waals surface area (Å²) in [6.45, 7) is 2.22. The van der Waals surface area contributed by atoms with Crippen molar-refractivity contribution in [2.75, 3.05) is 28.4 Å². The zero-order valence-corrected chi connectivity index (χ0v) is 14.0. The van der Waals surface area contributed by atoms with Crippen molar-refractivity contribution in [3.8, 4) is 23.0 Å². The summed E-state index contributed by atoms with van der Waals surface area (Å²) in [6, 6.07) is 1.99. The van der Waals surface area contributed by atoms with Crippen molar-refractivity contribution in [2.45, 2.75) is 45.4 Å². The molecule has 1 rings (SSSR count). The first-order valence-corrected chi connectivity index (χ1v) is 7.59. The van der Waals surface area contributed by atoms with Gasteiger partial charge in [0.25, 0.3) is 0 Å². The van der Waals surface area contributed by atoms with E-state index >= 15 is 0 Å². The van der Waals surface area contributed by atoms with Crippen molar-refractivity contribution < 1.29 is 18.9 Å². The zero-order chi connectivity index (χ0) is 15.7. The predicted octanol–water partition coefficient (Wildman–Crippen LogP) is 4.23. The molecule has 0 aliphatic rings. The monoisotopic (exact) mass is 296 g/mol. The highest BCUT2D eigenvalue weighted by molar-refractivity contribution is 5.62. The molecule has 0 atom stereocenters. The van der Waals surface area contributed by atoms with Crippen LogP contribution >= 0.6 is 0 Å². The highest BCUT2D eigenvalue weighted by Gasteiger charge is 2.21. The Kier molecular flexibility index (Phi) is 7.80. The third-order valence-electron chi connectivity index (χ3n) is 3.62. The first-order valence-electron chi connectivity index (χ1n) is 7.59. The fourth-order valence-corrected chi connectivity index (χ4v) is 2.51. The van der Waals surface area contributed by atoms with Crippen molar-refractivity contribution in [2.24, 2.45) is 0 Å². The van der Waals surface area contributed by atoms with Gasteiger partial charge in [-0.1, -0.05) is 32.6 Å². The summed E-state index contributed by atoms with van der Waals surface area (Å²) in [5.41, 5.74) is 1.10. The Bertz CT molecular complexity index is 429. The minimum absolute atomic E-state index is 0.576. The molecular weight excluding hydrogens is 268 g/mol. The Morgan fingerprint density at radius 2 is 1.33 bits per heavy atom. The fourth-order valence-electron chi connectivity index (χ4n) is 2.51. The summed E-state index contributed by atoms with van der Waals surface area (Å²) < 4.78 is 21.8. The summed E-state index contributed by atoms with van der Waals surface area (Å²) in [7, 11) is 6.51. The lowest BCUT2D eigenvalue weighted by Crippen LogP contribution is -2.01. The molecule has 0 amide bonds. The molecular formula is C17H28O4. The van der Waals surface area contributed by atoms with Crippen LogP contribution in [0.4, 0.5) is 0 Å². The number of aryl methyl sites for hydroxylation is 1. The molecule has 4 nitrogen and oxygen atoms in total. The second kappa shape index (κ2) is 9.37. The highest BCUT2D eigenvalue weighted by Crippen LogP contribution is 2.46. The van der Waals surface area contributed by atoms with E-state index in [4.69, 9.17) is 18.9 Å². The zero-order valence-electron chi connectivity index (χ0n) is 14.0. The molecule has 0 radical (unpaired) electrons. The fraction of sp³-hybridized carbons (Fsp3) is 0.647. The molecule has 0 saturated carbocycles. The van der Waals surface area contributed by atoms with Gasteiger partial charge in [0.05, 0.1) is 28.4 Å². The largest absolute Gasteiger partial charge is 0.493 e. The van der Waals surface area contributed by atoms with E-state index in [1.807, 2.05) is 6.07 Å². The summed E-state index contributed by atoms with van der Waals surface area (Å²) in [4.78, 5) is 0. The van der Waals surface area contributed by atoms with E-state index in [0.717, 1.165) is 24.2 Å². The van der Waals surface area contributed by atoms with Crippen LogP contribution < -0.4 is 18.9 Å². The van der Waals surface area contributed by atoms with Crippen LogP contribution in [0.5, 0.6) is 23.0 Å². The van der Waals surface area contributed by atoms with Gasteiger partial charge < -0.3 is 18.9 Å². The third kappa shape index (κ3) is 4.45. The first-order chi connectivity index (χ1) is 10.2. The van der Waals surface area contributed by atoms with Crippen LogP contribution in [0, 0.1) is 0 Å².